The van der Waals surface area contributed by atoms with Gasteiger partial charge in [-0.05, 0) is 0 Å². The summed E-state index contributed by atoms with van der Waals surface area (Å²) in [6.07, 6.45) is -5.43. The van der Waals surface area contributed by atoms with Crippen LogP contribution in [-0.4, -0.2) is 307 Å². The van der Waals surface area contributed by atoms with E-state index in [9.17, 15) is 59.4 Å². The van der Waals surface area contributed by atoms with Gasteiger partial charge >= 0.3 is 250 Å². The van der Waals surface area contributed by atoms with Gasteiger partial charge in [-0.15, -0.1) is 0 Å². The standard InChI is InChI=1S/2C6H8O7.3Ca.3Sr.6H/c2*7-3(8)1-6(13,5(11)12)2-4(9)10;;;;;;;;;;;;/h2*13H,1-2H2,(H,7,8)(H,9,10)(H,11,12);;;;;;;;;;;;/q;;6*+2;6*-1/p-6. The third-order valence-electron chi connectivity index (χ3n) is 2.51. The minimum atomic E-state index is -2.97. The predicted octanol–water partition coefficient (Wildman–Crippen LogP) is -12.1. The molecule has 0 radical (unpaired) electrons. The Labute approximate surface area is 391 Å². The van der Waals surface area contributed by atoms with Crippen molar-refractivity contribution in [1.29, 1.82) is 0 Å². The first-order chi connectivity index (χ1) is 11.6. The molecule has 0 bridgehead atoms. The molecule has 0 atom stereocenters. The fourth-order valence-electron chi connectivity index (χ4n) is 1.37. The van der Waals surface area contributed by atoms with Gasteiger partial charge in [0.25, 0.3) is 0 Å². The van der Waals surface area contributed by atoms with E-state index in [0.29, 0.717) is 0 Å². The normalized spacial score (nSPS) is 8.81. The van der Waals surface area contributed by atoms with Crippen molar-refractivity contribution in [2.45, 2.75) is 36.9 Å². The molecule has 0 aromatic rings. The number of carboxylic acids is 6. The summed E-state index contributed by atoms with van der Waals surface area (Å²) in [5.74, 6) is -12.0. The van der Waals surface area contributed by atoms with E-state index in [2.05, 4.69) is 0 Å². The van der Waals surface area contributed by atoms with E-state index in [0.717, 1.165) is 0 Å². The molecule has 0 heterocycles. The predicted molar refractivity (Wildman–Crippen MR) is 99.6 cm³/mol. The fraction of sp³-hybridized carbons (Fsp3) is 0.500. The van der Waals surface area contributed by atoms with Crippen LogP contribution < -0.4 is 30.6 Å². The molecular weight excluding hydrogens is 751 g/mol. The molecule has 20 heteroatoms. The molecule has 0 aliphatic rings. The Morgan fingerprint density at radius 1 is 0.500 bits per heavy atom. The first-order valence-corrected chi connectivity index (χ1v) is 6.23. The third kappa shape index (κ3) is 29.5. The maximum absolute atomic E-state index is 10.1. The molecule has 0 aromatic carbocycles. The van der Waals surface area contributed by atoms with Crippen LogP contribution in [0, 0.1) is 0 Å². The van der Waals surface area contributed by atoms with E-state index in [4.69, 9.17) is 10.2 Å². The van der Waals surface area contributed by atoms with Crippen LogP contribution in [0.1, 0.15) is 34.2 Å². The van der Waals surface area contributed by atoms with E-state index < -0.39 is 72.7 Å². The number of aliphatic hydroxyl groups is 2. The van der Waals surface area contributed by atoms with Crippen LogP contribution in [0.5, 0.6) is 0 Å². The largest absolute Gasteiger partial charge is 2.00 e. The Balaban J connectivity index is -0.0000000192. The molecule has 0 saturated heterocycles. The smallest absolute Gasteiger partial charge is 1.00 e. The van der Waals surface area contributed by atoms with Crippen LogP contribution in [0.4, 0.5) is 0 Å². The zero-order chi connectivity index (χ0) is 21.3. The number of carbonyl (C=O) groups excluding carboxylic acids is 6. The summed E-state index contributed by atoms with van der Waals surface area (Å²) >= 11 is 0. The van der Waals surface area contributed by atoms with Crippen LogP contribution in [0.25, 0.3) is 0 Å². The second kappa shape index (κ2) is 29.0. The zero-order valence-corrected chi connectivity index (χ0v) is 33.9. The van der Waals surface area contributed by atoms with Crippen molar-refractivity contribution in [2.24, 2.45) is 0 Å². The maximum atomic E-state index is 10.1. The fourth-order valence-corrected chi connectivity index (χ4v) is 1.37. The first-order valence-electron chi connectivity index (χ1n) is 6.23. The van der Waals surface area contributed by atoms with Gasteiger partial charge < -0.3 is 78.2 Å². The van der Waals surface area contributed by atoms with Gasteiger partial charge in [-0.2, -0.15) is 0 Å². The van der Waals surface area contributed by atoms with Crippen molar-refractivity contribution in [3.05, 3.63) is 0 Å². The average molecular weight is 767 g/mol. The molecule has 2 N–H and O–H groups in total. The van der Waals surface area contributed by atoms with Crippen molar-refractivity contribution in [3.8, 4) is 0 Å². The number of rotatable bonds is 10. The number of aliphatic carboxylic acids is 6. The summed E-state index contributed by atoms with van der Waals surface area (Å²) < 4.78 is 0. The zero-order valence-electron chi connectivity index (χ0n) is 22.9. The van der Waals surface area contributed by atoms with Gasteiger partial charge in [0, 0.05) is 49.6 Å². The Kier molecular flexibility index (Phi) is 51.6. The molecule has 0 unspecified atom stereocenters. The Hall–Kier alpha value is 4.96. The Morgan fingerprint density at radius 2 is 0.625 bits per heavy atom. The van der Waals surface area contributed by atoms with Crippen LogP contribution >= 0.6 is 0 Å². The summed E-state index contributed by atoms with van der Waals surface area (Å²) in [5.41, 5.74) is -5.95. The van der Waals surface area contributed by atoms with E-state index in [1.54, 1.807) is 0 Å². The minimum Gasteiger partial charge on any atom is -1.00 e. The monoisotopic (exact) mass is 768 g/mol. The van der Waals surface area contributed by atoms with Crippen molar-refractivity contribution in [2.75, 3.05) is 0 Å². The topological polar surface area (TPSA) is 281 Å². The van der Waals surface area contributed by atoms with Gasteiger partial charge in [0.15, 0.2) is 0 Å². The summed E-state index contributed by atoms with van der Waals surface area (Å²) in [4.78, 5) is 60.0. The van der Waals surface area contributed by atoms with Crippen LogP contribution in [0.15, 0.2) is 0 Å². The molecule has 0 rings (SSSR count). The number of hydrogen-bond donors (Lipinski definition) is 2. The molecule has 0 spiro atoms. The quantitative estimate of drug-likeness (QED) is 0.195. The summed E-state index contributed by atoms with van der Waals surface area (Å²) in [6.45, 7) is 0. The first kappa shape index (κ1) is 57.0. The number of hydrogen-bond acceptors (Lipinski definition) is 14. The van der Waals surface area contributed by atoms with E-state index >= 15 is 0 Å². The number of carboxylic acid groups (broad SMARTS) is 6. The van der Waals surface area contributed by atoms with Gasteiger partial charge in [-0.25, -0.2) is 0 Å². The van der Waals surface area contributed by atoms with Crippen LogP contribution in [0.2, 0.25) is 0 Å². The van der Waals surface area contributed by atoms with Crippen molar-refractivity contribution >= 4 is 285 Å². The molecule has 0 aliphatic heterocycles. The maximum Gasteiger partial charge on any atom is 2.00 e. The summed E-state index contributed by atoms with van der Waals surface area (Å²) in [6, 6.07) is 0. The van der Waals surface area contributed by atoms with Gasteiger partial charge in [-0.1, -0.05) is 0 Å². The molecule has 0 saturated carbocycles. The van der Waals surface area contributed by atoms with Crippen molar-refractivity contribution in [3.63, 3.8) is 0 Å². The Morgan fingerprint density at radius 3 is 0.688 bits per heavy atom. The second-order valence-corrected chi connectivity index (χ2v) is 4.83. The molecule has 0 aromatic heterocycles. The van der Waals surface area contributed by atoms with Crippen molar-refractivity contribution in [1.82, 2.24) is 0 Å². The molecule has 14 nitrogen and oxygen atoms in total. The molecule has 0 aliphatic carbocycles. The number of carbonyl (C=O) groups is 6. The summed E-state index contributed by atoms with van der Waals surface area (Å²) in [7, 11) is 0. The van der Waals surface area contributed by atoms with Crippen molar-refractivity contribution < 1.29 is 78.2 Å². The van der Waals surface area contributed by atoms with Gasteiger partial charge in [0.2, 0.25) is 0 Å². The van der Waals surface area contributed by atoms with Crippen LogP contribution in [0.3, 0.4) is 0 Å². The van der Waals surface area contributed by atoms with Crippen LogP contribution in [-0.2, 0) is 28.8 Å². The minimum absolute atomic E-state index is 0. The molecular formula is C12H16Ca3O14Sr3. The Bertz CT molecular complexity index is 559. The van der Waals surface area contributed by atoms with Gasteiger partial charge in [0.1, 0.15) is 11.2 Å². The second-order valence-electron chi connectivity index (χ2n) is 4.83. The third-order valence-corrected chi connectivity index (χ3v) is 2.51. The van der Waals surface area contributed by atoms with E-state index in [1.165, 1.54) is 0 Å². The SMILES string of the molecule is O=C([O-])CC(O)(CC(=O)[O-])C(=O)[O-].O=C([O-])CC(O)(CC(=O)[O-])C(=O)[O-].[Ca+2].[Ca+2].[Ca+2].[H-].[H-].[H-].[H-].[H-].[H-].[Sr+2].[Sr+2].[Sr+2]. The molecule has 0 fully saturated rings. The molecule has 32 heavy (non-hydrogen) atoms. The van der Waals surface area contributed by atoms with Gasteiger partial charge in [0.05, 0.1) is 11.9 Å². The van der Waals surface area contributed by atoms with Gasteiger partial charge in [-0.3, -0.25) is 0 Å². The molecule has 0 amide bonds. The van der Waals surface area contributed by atoms with E-state index in [1.807, 2.05) is 0 Å². The van der Waals surface area contributed by atoms with E-state index in [-0.39, 0.29) is 258 Å². The summed E-state index contributed by atoms with van der Waals surface area (Å²) in [5, 5.41) is 77.9. The molecule has 160 valence electrons. The average Bonchev–Trinajstić information content (AvgIpc) is 2.34.